The van der Waals surface area contributed by atoms with Gasteiger partial charge in [0, 0.05) is 31.7 Å². The second-order valence-electron chi connectivity index (χ2n) is 6.89. The molecule has 1 aromatic carbocycles. The lowest BCUT2D eigenvalue weighted by Gasteiger charge is -2.24. The van der Waals surface area contributed by atoms with E-state index in [2.05, 4.69) is 15.3 Å². The standard InChI is InChI=1S/C21H21N5O3/c27-18-6-2-1-4-16(18)21(29)26-10-3-5-17(26)20(28)24-13-15-7-8-19(23-12-15)25-11-9-22-14-25/h1-2,4,6-9,11-12,14,17,27H,3,5,10,13H2,(H,24,28). The molecule has 8 nitrogen and oxygen atoms in total. The molecule has 1 atom stereocenters. The molecule has 0 saturated carbocycles. The maximum atomic E-state index is 12.8. The first-order valence-electron chi connectivity index (χ1n) is 9.43. The van der Waals surface area contributed by atoms with Gasteiger partial charge in [0.1, 0.15) is 23.9 Å². The number of phenols is 1. The van der Waals surface area contributed by atoms with Crippen molar-refractivity contribution in [3.8, 4) is 11.6 Å². The van der Waals surface area contributed by atoms with Crippen molar-refractivity contribution < 1.29 is 14.7 Å². The number of imidazole rings is 1. The molecule has 1 saturated heterocycles. The van der Waals surface area contributed by atoms with Gasteiger partial charge in [-0.3, -0.25) is 14.2 Å². The minimum atomic E-state index is -0.541. The van der Waals surface area contributed by atoms with Gasteiger partial charge in [-0.05, 0) is 36.6 Å². The van der Waals surface area contributed by atoms with Crippen molar-refractivity contribution in [3.05, 3.63) is 72.4 Å². The van der Waals surface area contributed by atoms with Crippen molar-refractivity contribution in [2.24, 2.45) is 0 Å². The lowest BCUT2D eigenvalue weighted by molar-refractivity contribution is -0.125. The van der Waals surface area contributed by atoms with Crippen LogP contribution >= 0.6 is 0 Å². The molecule has 0 aliphatic carbocycles. The summed E-state index contributed by atoms with van der Waals surface area (Å²) in [6, 6.07) is 9.59. The summed E-state index contributed by atoms with van der Waals surface area (Å²) in [5.74, 6) is 0.137. The Kier molecular flexibility index (Phi) is 5.24. The number of para-hydroxylation sites is 1. The maximum absolute atomic E-state index is 12.8. The molecule has 1 fully saturated rings. The number of phenolic OH excluding ortho intramolecular Hbond substituents is 1. The lowest BCUT2D eigenvalue weighted by atomic mass is 10.1. The number of rotatable bonds is 5. The molecule has 2 aromatic heterocycles. The van der Waals surface area contributed by atoms with Crippen LogP contribution in [0.3, 0.4) is 0 Å². The third-order valence-corrected chi connectivity index (χ3v) is 5.00. The van der Waals surface area contributed by atoms with Crippen LogP contribution in [0.1, 0.15) is 28.8 Å². The van der Waals surface area contributed by atoms with Gasteiger partial charge in [-0.15, -0.1) is 0 Å². The Balaban J connectivity index is 1.39. The Bertz CT molecular complexity index is 1000. The smallest absolute Gasteiger partial charge is 0.258 e. The molecule has 2 amide bonds. The molecule has 8 heteroatoms. The van der Waals surface area contributed by atoms with Gasteiger partial charge >= 0.3 is 0 Å². The molecule has 1 aliphatic rings. The van der Waals surface area contributed by atoms with Gasteiger partial charge in [-0.2, -0.15) is 0 Å². The van der Waals surface area contributed by atoms with E-state index in [4.69, 9.17) is 0 Å². The van der Waals surface area contributed by atoms with Crippen LogP contribution in [0.5, 0.6) is 5.75 Å². The zero-order valence-electron chi connectivity index (χ0n) is 15.7. The van der Waals surface area contributed by atoms with Crippen molar-refractivity contribution in [2.45, 2.75) is 25.4 Å². The van der Waals surface area contributed by atoms with E-state index in [1.807, 2.05) is 12.1 Å². The average molecular weight is 391 g/mol. The number of hydrogen-bond donors (Lipinski definition) is 2. The molecule has 1 aliphatic heterocycles. The minimum Gasteiger partial charge on any atom is -0.507 e. The summed E-state index contributed by atoms with van der Waals surface area (Å²) >= 11 is 0. The highest BCUT2D eigenvalue weighted by Gasteiger charge is 2.35. The van der Waals surface area contributed by atoms with E-state index in [0.29, 0.717) is 19.5 Å². The Labute approximate surface area is 167 Å². The van der Waals surface area contributed by atoms with Crippen LogP contribution in [0.15, 0.2) is 61.3 Å². The second-order valence-corrected chi connectivity index (χ2v) is 6.89. The SMILES string of the molecule is O=C(NCc1ccc(-n2ccnc2)nc1)C1CCCN1C(=O)c1ccccc1O. The number of benzene rings is 1. The Morgan fingerprint density at radius 1 is 1.21 bits per heavy atom. The third-order valence-electron chi connectivity index (χ3n) is 5.00. The van der Waals surface area contributed by atoms with E-state index in [9.17, 15) is 14.7 Å². The van der Waals surface area contributed by atoms with Crippen LogP contribution in [0.25, 0.3) is 5.82 Å². The maximum Gasteiger partial charge on any atom is 0.258 e. The summed E-state index contributed by atoms with van der Waals surface area (Å²) in [4.78, 5) is 35.4. The van der Waals surface area contributed by atoms with Crippen LogP contribution in [0.2, 0.25) is 0 Å². The summed E-state index contributed by atoms with van der Waals surface area (Å²) in [6.45, 7) is 0.817. The van der Waals surface area contributed by atoms with E-state index in [-0.39, 0.29) is 23.1 Å². The van der Waals surface area contributed by atoms with Crippen LogP contribution < -0.4 is 5.32 Å². The van der Waals surface area contributed by atoms with Crippen molar-refractivity contribution in [3.63, 3.8) is 0 Å². The molecule has 3 heterocycles. The topological polar surface area (TPSA) is 100 Å². The average Bonchev–Trinajstić information content (AvgIpc) is 3.44. The fraction of sp³-hybridized carbons (Fsp3) is 0.238. The number of pyridine rings is 1. The molecular weight excluding hydrogens is 370 g/mol. The van der Waals surface area contributed by atoms with Gasteiger partial charge in [0.25, 0.3) is 5.91 Å². The predicted molar refractivity (Wildman–Crippen MR) is 105 cm³/mol. The molecule has 29 heavy (non-hydrogen) atoms. The fourth-order valence-corrected chi connectivity index (χ4v) is 3.47. The van der Waals surface area contributed by atoms with Gasteiger partial charge in [0.05, 0.1) is 5.56 Å². The number of aromatic hydroxyl groups is 1. The second kappa shape index (κ2) is 8.14. The number of nitrogens with one attached hydrogen (secondary N) is 1. The monoisotopic (exact) mass is 391 g/mol. The number of likely N-dealkylation sites (tertiary alicyclic amines) is 1. The van der Waals surface area contributed by atoms with Crippen LogP contribution in [0.4, 0.5) is 0 Å². The van der Waals surface area contributed by atoms with Crippen molar-refractivity contribution >= 4 is 11.8 Å². The van der Waals surface area contributed by atoms with Crippen LogP contribution in [-0.2, 0) is 11.3 Å². The number of amides is 2. The normalized spacial score (nSPS) is 16.0. The zero-order chi connectivity index (χ0) is 20.2. The van der Waals surface area contributed by atoms with Gasteiger partial charge < -0.3 is 15.3 Å². The molecule has 0 bridgehead atoms. The number of hydrogen-bond acceptors (Lipinski definition) is 5. The van der Waals surface area contributed by atoms with Crippen molar-refractivity contribution in [1.82, 2.24) is 24.8 Å². The minimum absolute atomic E-state index is 0.0763. The molecular formula is C21H21N5O3. The summed E-state index contributed by atoms with van der Waals surface area (Å²) in [5, 5.41) is 12.8. The molecule has 2 N–H and O–H groups in total. The summed E-state index contributed by atoms with van der Waals surface area (Å²) in [7, 11) is 0. The van der Waals surface area contributed by atoms with E-state index in [1.54, 1.807) is 47.7 Å². The molecule has 1 unspecified atom stereocenters. The summed E-state index contributed by atoms with van der Waals surface area (Å²) in [6.07, 6.45) is 8.20. The van der Waals surface area contributed by atoms with Crippen molar-refractivity contribution in [1.29, 1.82) is 0 Å². The molecule has 0 spiro atoms. The van der Waals surface area contributed by atoms with Gasteiger partial charge in [0.15, 0.2) is 0 Å². The number of carbonyl (C=O) groups excluding carboxylic acids is 2. The van der Waals surface area contributed by atoms with Crippen LogP contribution in [-0.4, -0.2) is 48.9 Å². The first-order valence-corrected chi connectivity index (χ1v) is 9.43. The van der Waals surface area contributed by atoms with Crippen LogP contribution in [0, 0.1) is 0 Å². The van der Waals surface area contributed by atoms with E-state index in [1.165, 1.54) is 11.0 Å². The quantitative estimate of drug-likeness (QED) is 0.692. The number of carbonyl (C=O) groups is 2. The number of aromatic nitrogens is 3. The highest BCUT2D eigenvalue weighted by molar-refractivity contribution is 5.99. The number of nitrogens with zero attached hydrogens (tertiary/aromatic N) is 4. The first-order chi connectivity index (χ1) is 14.1. The van der Waals surface area contributed by atoms with Gasteiger partial charge in [0.2, 0.25) is 5.91 Å². The molecule has 3 aromatic rings. The van der Waals surface area contributed by atoms with E-state index < -0.39 is 6.04 Å². The van der Waals surface area contributed by atoms with E-state index >= 15 is 0 Å². The van der Waals surface area contributed by atoms with E-state index in [0.717, 1.165) is 17.8 Å². The highest BCUT2D eigenvalue weighted by Crippen LogP contribution is 2.24. The lowest BCUT2D eigenvalue weighted by Crippen LogP contribution is -2.45. The van der Waals surface area contributed by atoms with Gasteiger partial charge in [-0.25, -0.2) is 9.97 Å². The Hall–Kier alpha value is -3.68. The van der Waals surface area contributed by atoms with Gasteiger partial charge in [-0.1, -0.05) is 18.2 Å². The first kappa shape index (κ1) is 18.7. The fourth-order valence-electron chi connectivity index (χ4n) is 3.47. The zero-order valence-corrected chi connectivity index (χ0v) is 15.7. The molecule has 0 radical (unpaired) electrons. The Morgan fingerprint density at radius 2 is 2.07 bits per heavy atom. The van der Waals surface area contributed by atoms with Crippen molar-refractivity contribution in [2.75, 3.05) is 6.54 Å². The highest BCUT2D eigenvalue weighted by atomic mass is 16.3. The largest absolute Gasteiger partial charge is 0.507 e. The summed E-state index contributed by atoms with van der Waals surface area (Å²) < 4.78 is 1.80. The third kappa shape index (κ3) is 3.96. The predicted octanol–water partition coefficient (Wildman–Crippen LogP) is 1.89. The summed E-state index contributed by atoms with van der Waals surface area (Å²) in [5.41, 5.74) is 1.07. The molecule has 148 valence electrons. The molecule has 4 rings (SSSR count). The Morgan fingerprint density at radius 3 is 2.79 bits per heavy atom.